The van der Waals surface area contributed by atoms with Crippen molar-refractivity contribution in [3.8, 4) is 5.75 Å². The number of fused-ring (bicyclic) bond motifs is 1. The molecule has 0 saturated carbocycles. The summed E-state index contributed by atoms with van der Waals surface area (Å²) < 4.78 is 5.54. The van der Waals surface area contributed by atoms with Gasteiger partial charge < -0.3 is 15.0 Å². The van der Waals surface area contributed by atoms with Gasteiger partial charge in [-0.15, -0.1) is 0 Å². The molecule has 0 atom stereocenters. The lowest BCUT2D eigenvalue weighted by atomic mass is 10.2. The predicted octanol–water partition coefficient (Wildman–Crippen LogP) is 3.09. The summed E-state index contributed by atoms with van der Waals surface area (Å²) in [6.45, 7) is 3.75. The minimum atomic E-state index is -0.0242. The second-order valence-corrected chi connectivity index (χ2v) is 5.28. The van der Waals surface area contributed by atoms with E-state index in [2.05, 4.69) is 22.3 Å². The van der Waals surface area contributed by atoms with Gasteiger partial charge in [-0.05, 0) is 37.1 Å². The molecule has 1 aliphatic heterocycles. The fourth-order valence-electron chi connectivity index (χ4n) is 2.79. The molecule has 1 amide bonds. The quantitative estimate of drug-likeness (QED) is 0.922. The zero-order valence-electron chi connectivity index (χ0n) is 12.7. The number of carbonyl (C=O) groups is 1. The van der Waals surface area contributed by atoms with Crippen LogP contribution in [0.2, 0.25) is 0 Å². The Balaban J connectivity index is 1.67. The van der Waals surface area contributed by atoms with Crippen LogP contribution < -0.4 is 15.0 Å². The van der Waals surface area contributed by atoms with Gasteiger partial charge in [0.25, 0.3) is 0 Å². The number of benzene rings is 2. The molecule has 4 nitrogen and oxygen atoms in total. The highest BCUT2D eigenvalue weighted by Gasteiger charge is 2.20. The Kier molecular flexibility index (Phi) is 4.28. The maximum atomic E-state index is 12.3. The molecule has 0 saturated heterocycles. The lowest BCUT2D eigenvalue weighted by molar-refractivity contribution is -0.115. The summed E-state index contributed by atoms with van der Waals surface area (Å²) in [6.07, 6.45) is 0.999. The van der Waals surface area contributed by atoms with E-state index >= 15 is 0 Å². The Hall–Kier alpha value is -2.49. The number of nitrogens with zero attached hydrogens (tertiary/aromatic N) is 1. The van der Waals surface area contributed by atoms with Crippen LogP contribution in [0.5, 0.6) is 5.75 Å². The topological polar surface area (TPSA) is 41.6 Å². The number of anilines is 2. The number of ether oxygens (including phenoxy) is 1. The Bertz CT molecular complexity index is 670. The highest BCUT2D eigenvalue weighted by atomic mass is 16.5. The van der Waals surface area contributed by atoms with Crippen molar-refractivity contribution in [2.45, 2.75) is 13.3 Å². The fourth-order valence-corrected chi connectivity index (χ4v) is 2.79. The molecule has 114 valence electrons. The van der Waals surface area contributed by atoms with Crippen LogP contribution >= 0.6 is 0 Å². The molecule has 1 heterocycles. The van der Waals surface area contributed by atoms with Crippen molar-refractivity contribution in [2.75, 3.05) is 29.9 Å². The van der Waals surface area contributed by atoms with Gasteiger partial charge in [0, 0.05) is 12.2 Å². The van der Waals surface area contributed by atoms with Crippen molar-refractivity contribution >= 4 is 17.3 Å². The zero-order valence-corrected chi connectivity index (χ0v) is 12.7. The van der Waals surface area contributed by atoms with E-state index in [9.17, 15) is 4.79 Å². The first-order valence-corrected chi connectivity index (χ1v) is 7.62. The highest BCUT2D eigenvalue weighted by Crippen LogP contribution is 2.28. The zero-order chi connectivity index (χ0) is 15.4. The minimum Gasteiger partial charge on any atom is -0.492 e. The molecule has 4 heteroatoms. The van der Waals surface area contributed by atoms with Crippen LogP contribution in [0.3, 0.4) is 0 Å². The Labute approximate surface area is 130 Å². The molecule has 0 spiro atoms. The number of carbonyl (C=O) groups excluding carboxylic acids is 1. The van der Waals surface area contributed by atoms with Gasteiger partial charge in [0.1, 0.15) is 5.75 Å². The molecule has 1 aliphatic rings. The van der Waals surface area contributed by atoms with E-state index < -0.39 is 0 Å². The number of hydrogen-bond acceptors (Lipinski definition) is 3. The average molecular weight is 296 g/mol. The molecule has 2 aromatic rings. The molecular formula is C18H20N2O2. The van der Waals surface area contributed by atoms with Gasteiger partial charge in [-0.1, -0.05) is 30.3 Å². The van der Waals surface area contributed by atoms with Crippen molar-refractivity contribution in [3.05, 3.63) is 54.1 Å². The number of amides is 1. The minimum absolute atomic E-state index is 0.0242. The maximum absolute atomic E-state index is 12.3. The third-order valence-electron chi connectivity index (χ3n) is 3.78. The molecule has 1 N–H and O–H groups in total. The lowest BCUT2D eigenvalue weighted by Gasteiger charge is -2.19. The van der Waals surface area contributed by atoms with E-state index in [1.807, 2.05) is 43.3 Å². The number of rotatable bonds is 5. The van der Waals surface area contributed by atoms with Crippen LogP contribution in [-0.2, 0) is 11.2 Å². The first kappa shape index (κ1) is 14.4. The summed E-state index contributed by atoms with van der Waals surface area (Å²) in [5.41, 5.74) is 3.20. The van der Waals surface area contributed by atoms with Gasteiger partial charge in [0.05, 0.1) is 18.8 Å². The first-order chi connectivity index (χ1) is 10.8. The molecular weight excluding hydrogens is 276 g/mol. The summed E-state index contributed by atoms with van der Waals surface area (Å²) in [5.74, 6) is 0.684. The van der Waals surface area contributed by atoms with Crippen LogP contribution in [0.15, 0.2) is 48.5 Å². The van der Waals surface area contributed by atoms with Gasteiger partial charge in [-0.2, -0.15) is 0 Å². The van der Waals surface area contributed by atoms with Crippen molar-refractivity contribution in [1.82, 2.24) is 0 Å². The van der Waals surface area contributed by atoms with E-state index in [-0.39, 0.29) is 5.91 Å². The Morgan fingerprint density at radius 3 is 2.82 bits per heavy atom. The van der Waals surface area contributed by atoms with E-state index in [1.54, 1.807) is 0 Å². The Morgan fingerprint density at radius 2 is 1.95 bits per heavy atom. The Morgan fingerprint density at radius 1 is 1.18 bits per heavy atom. The monoisotopic (exact) mass is 296 g/mol. The van der Waals surface area contributed by atoms with Crippen molar-refractivity contribution in [1.29, 1.82) is 0 Å². The predicted molar refractivity (Wildman–Crippen MR) is 88.6 cm³/mol. The van der Waals surface area contributed by atoms with Gasteiger partial charge in [0.15, 0.2) is 0 Å². The fraction of sp³-hybridized carbons (Fsp3) is 0.278. The van der Waals surface area contributed by atoms with Gasteiger partial charge in [0.2, 0.25) is 5.91 Å². The first-order valence-electron chi connectivity index (χ1n) is 7.62. The van der Waals surface area contributed by atoms with Crippen LogP contribution in [0.25, 0.3) is 0 Å². The average Bonchev–Trinajstić information content (AvgIpc) is 2.93. The van der Waals surface area contributed by atoms with Crippen molar-refractivity contribution < 1.29 is 9.53 Å². The standard InChI is InChI=1S/C18H20N2O2/c1-2-22-17-10-6-4-8-15(17)19-18(21)13-20-12-11-14-7-3-5-9-16(14)20/h3-10H,2,11-13H2,1H3,(H,19,21). The third-order valence-corrected chi connectivity index (χ3v) is 3.78. The second kappa shape index (κ2) is 6.52. The number of para-hydroxylation sites is 3. The number of nitrogens with one attached hydrogen (secondary N) is 1. The van der Waals surface area contributed by atoms with E-state index in [0.29, 0.717) is 18.9 Å². The largest absolute Gasteiger partial charge is 0.492 e. The van der Waals surface area contributed by atoms with Crippen LogP contribution in [0, 0.1) is 0 Å². The molecule has 0 radical (unpaired) electrons. The van der Waals surface area contributed by atoms with Crippen LogP contribution in [0.4, 0.5) is 11.4 Å². The maximum Gasteiger partial charge on any atom is 0.243 e. The van der Waals surface area contributed by atoms with Crippen LogP contribution in [-0.4, -0.2) is 25.6 Å². The van der Waals surface area contributed by atoms with Gasteiger partial charge in [-0.3, -0.25) is 4.79 Å². The molecule has 0 fully saturated rings. The van der Waals surface area contributed by atoms with Gasteiger partial charge in [-0.25, -0.2) is 0 Å². The molecule has 0 aromatic heterocycles. The van der Waals surface area contributed by atoms with Gasteiger partial charge >= 0.3 is 0 Å². The SMILES string of the molecule is CCOc1ccccc1NC(=O)CN1CCc2ccccc21. The second-order valence-electron chi connectivity index (χ2n) is 5.28. The van der Waals surface area contributed by atoms with E-state index in [1.165, 1.54) is 5.56 Å². The summed E-state index contributed by atoms with van der Waals surface area (Å²) >= 11 is 0. The highest BCUT2D eigenvalue weighted by molar-refractivity contribution is 5.95. The summed E-state index contributed by atoms with van der Waals surface area (Å²) in [4.78, 5) is 14.4. The lowest BCUT2D eigenvalue weighted by Crippen LogP contribution is -2.32. The van der Waals surface area contributed by atoms with E-state index in [0.717, 1.165) is 24.3 Å². The van der Waals surface area contributed by atoms with Crippen molar-refractivity contribution in [2.24, 2.45) is 0 Å². The molecule has 3 rings (SSSR count). The summed E-state index contributed by atoms with van der Waals surface area (Å²) in [5, 5.41) is 2.95. The molecule has 0 unspecified atom stereocenters. The smallest absolute Gasteiger partial charge is 0.243 e. The normalized spacial score (nSPS) is 12.9. The van der Waals surface area contributed by atoms with Crippen molar-refractivity contribution in [3.63, 3.8) is 0 Å². The summed E-state index contributed by atoms with van der Waals surface area (Å²) in [7, 11) is 0. The molecule has 22 heavy (non-hydrogen) atoms. The van der Waals surface area contributed by atoms with E-state index in [4.69, 9.17) is 4.74 Å². The number of hydrogen-bond donors (Lipinski definition) is 1. The van der Waals surface area contributed by atoms with Crippen LogP contribution in [0.1, 0.15) is 12.5 Å². The molecule has 2 aromatic carbocycles. The third kappa shape index (κ3) is 3.06. The summed E-state index contributed by atoms with van der Waals surface area (Å²) in [6, 6.07) is 15.8. The molecule has 0 bridgehead atoms. The molecule has 0 aliphatic carbocycles.